The average molecular weight is 507 g/mol. The summed E-state index contributed by atoms with van der Waals surface area (Å²) in [7, 11) is 2.11. The van der Waals surface area contributed by atoms with Crippen LogP contribution in [0.15, 0.2) is 78.9 Å². The maximum Gasteiger partial charge on any atom is 0.251 e. The lowest BCUT2D eigenvalue weighted by Crippen LogP contribution is -2.50. The number of rotatable bonds is 6. The van der Waals surface area contributed by atoms with E-state index in [1.807, 2.05) is 78.9 Å². The number of carbonyl (C=O) groups is 2. The normalized spacial score (nSPS) is 17.0. The molecule has 3 aromatic carbocycles. The minimum Gasteiger partial charge on any atom is -0.343 e. The second-order valence-corrected chi connectivity index (χ2v) is 10.3. The summed E-state index contributed by atoms with van der Waals surface area (Å²) in [6.07, 6.45) is 2.86. The molecule has 2 aliphatic rings. The van der Waals surface area contributed by atoms with Crippen molar-refractivity contribution >= 4 is 17.5 Å². The number of piperazine rings is 1. The standard InChI is InChI=1S/C32H34N4O2/c1-35-20-22-36(23-21-35)24-30(37)33-29-16-14-28(15-17-29)32(18-5-19-32)34-31(38)27-12-10-26(11-13-27)9-8-25-6-3-2-4-7-25/h2-4,6-7,10-17H,5,18-24H2,1H3,(H,33,37)(H,34,38). The summed E-state index contributed by atoms with van der Waals surface area (Å²) in [5.74, 6) is 6.21. The smallest absolute Gasteiger partial charge is 0.251 e. The molecule has 1 aliphatic carbocycles. The lowest BCUT2D eigenvalue weighted by molar-refractivity contribution is -0.117. The van der Waals surface area contributed by atoms with Gasteiger partial charge in [-0.05, 0) is 80.4 Å². The number of anilines is 1. The lowest BCUT2D eigenvalue weighted by atomic mass is 9.71. The predicted molar refractivity (Wildman–Crippen MR) is 151 cm³/mol. The van der Waals surface area contributed by atoms with E-state index in [9.17, 15) is 9.59 Å². The van der Waals surface area contributed by atoms with Crippen LogP contribution in [0.4, 0.5) is 5.69 Å². The van der Waals surface area contributed by atoms with Gasteiger partial charge in [0.15, 0.2) is 0 Å². The quantitative estimate of drug-likeness (QED) is 0.495. The Morgan fingerprint density at radius 2 is 1.45 bits per heavy atom. The van der Waals surface area contributed by atoms with Gasteiger partial charge in [0.05, 0.1) is 12.1 Å². The SMILES string of the molecule is CN1CCN(CC(=O)Nc2ccc(C3(NC(=O)c4ccc(C#Cc5ccccc5)cc4)CCC3)cc2)CC1. The Labute approximate surface area is 225 Å². The topological polar surface area (TPSA) is 64.7 Å². The number of amides is 2. The number of carbonyl (C=O) groups excluding carboxylic acids is 2. The Bertz CT molecular complexity index is 1310. The van der Waals surface area contributed by atoms with Crippen LogP contribution in [0.1, 0.15) is 46.3 Å². The summed E-state index contributed by atoms with van der Waals surface area (Å²) in [6, 6.07) is 25.2. The van der Waals surface area contributed by atoms with Crippen molar-refractivity contribution in [3.8, 4) is 11.8 Å². The molecule has 6 nitrogen and oxygen atoms in total. The average Bonchev–Trinajstić information content (AvgIpc) is 2.92. The van der Waals surface area contributed by atoms with Gasteiger partial charge < -0.3 is 15.5 Å². The van der Waals surface area contributed by atoms with Crippen molar-refractivity contribution in [3.63, 3.8) is 0 Å². The Hall–Kier alpha value is -3.92. The van der Waals surface area contributed by atoms with Crippen LogP contribution < -0.4 is 10.6 Å². The fraction of sp³-hybridized carbons (Fsp3) is 0.312. The molecule has 0 spiro atoms. The first-order chi connectivity index (χ1) is 18.5. The first-order valence-electron chi connectivity index (χ1n) is 13.3. The van der Waals surface area contributed by atoms with Gasteiger partial charge in [0.2, 0.25) is 5.91 Å². The molecule has 38 heavy (non-hydrogen) atoms. The predicted octanol–water partition coefficient (Wildman–Crippen LogP) is 4.08. The molecule has 2 fully saturated rings. The summed E-state index contributed by atoms with van der Waals surface area (Å²) >= 11 is 0. The van der Waals surface area contributed by atoms with E-state index in [0.717, 1.165) is 67.8 Å². The zero-order valence-corrected chi connectivity index (χ0v) is 21.9. The molecule has 0 bridgehead atoms. The molecule has 0 unspecified atom stereocenters. The fourth-order valence-corrected chi connectivity index (χ4v) is 4.96. The second kappa shape index (κ2) is 11.6. The Kier molecular flexibility index (Phi) is 7.88. The molecule has 194 valence electrons. The van der Waals surface area contributed by atoms with E-state index in [0.29, 0.717) is 12.1 Å². The van der Waals surface area contributed by atoms with E-state index >= 15 is 0 Å². The fourth-order valence-electron chi connectivity index (χ4n) is 4.96. The molecule has 0 atom stereocenters. The van der Waals surface area contributed by atoms with Gasteiger partial charge in [-0.3, -0.25) is 14.5 Å². The maximum atomic E-state index is 13.1. The van der Waals surface area contributed by atoms with Gasteiger partial charge in [-0.15, -0.1) is 0 Å². The van der Waals surface area contributed by atoms with Crippen molar-refractivity contribution in [2.45, 2.75) is 24.8 Å². The molecule has 1 heterocycles. The number of likely N-dealkylation sites (N-methyl/N-ethyl adjacent to an activating group) is 1. The molecule has 5 rings (SSSR count). The highest BCUT2D eigenvalue weighted by Crippen LogP contribution is 2.41. The van der Waals surface area contributed by atoms with Crippen molar-refractivity contribution < 1.29 is 9.59 Å². The largest absolute Gasteiger partial charge is 0.343 e. The van der Waals surface area contributed by atoms with E-state index in [2.05, 4.69) is 39.3 Å². The van der Waals surface area contributed by atoms with Gasteiger partial charge in [0, 0.05) is 48.6 Å². The molecule has 6 heteroatoms. The van der Waals surface area contributed by atoms with Crippen LogP contribution in [0, 0.1) is 11.8 Å². The van der Waals surface area contributed by atoms with Crippen molar-refractivity contribution in [2.24, 2.45) is 0 Å². The van der Waals surface area contributed by atoms with Crippen LogP contribution in [0.5, 0.6) is 0 Å². The number of hydrogen-bond donors (Lipinski definition) is 2. The summed E-state index contributed by atoms with van der Waals surface area (Å²) < 4.78 is 0. The molecule has 1 saturated heterocycles. The van der Waals surface area contributed by atoms with Crippen LogP contribution in [0.25, 0.3) is 0 Å². The minimum atomic E-state index is -0.370. The first kappa shape index (κ1) is 25.7. The van der Waals surface area contributed by atoms with Crippen LogP contribution in [0.2, 0.25) is 0 Å². The third-order valence-corrected chi connectivity index (χ3v) is 7.52. The Balaban J connectivity index is 1.18. The van der Waals surface area contributed by atoms with Crippen LogP contribution >= 0.6 is 0 Å². The van der Waals surface area contributed by atoms with E-state index in [1.165, 1.54) is 0 Å². The molecular weight excluding hydrogens is 472 g/mol. The maximum absolute atomic E-state index is 13.1. The molecule has 3 aromatic rings. The second-order valence-electron chi connectivity index (χ2n) is 10.3. The van der Waals surface area contributed by atoms with Crippen molar-refractivity contribution in [3.05, 3.63) is 101 Å². The lowest BCUT2D eigenvalue weighted by Gasteiger charge is -2.43. The highest BCUT2D eigenvalue weighted by atomic mass is 16.2. The molecular formula is C32H34N4O2. The molecule has 2 amide bonds. The summed E-state index contributed by atoms with van der Waals surface area (Å²) in [6.45, 7) is 4.21. The van der Waals surface area contributed by atoms with Gasteiger partial charge in [-0.2, -0.15) is 0 Å². The zero-order chi connectivity index (χ0) is 26.4. The van der Waals surface area contributed by atoms with Gasteiger partial charge in [0.25, 0.3) is 5.91 Å². The molecule has 0 aromatic heterocycles. The summed E-state index contributed by atoms with van der Waals surface area (Å²) in [4.78, 5) is 30.1. The van der Waals surface area contributed by atoms with Gasteiger partial charge >= 0.3 is 0 Å². The third-order valence-electron chi connectivity index (χ3n) is 7.52. The number of nitrogens with one attached hydrogen (secondary N) is 2. The minimum absolute atomic E-state index is 0.00543. The highest BCUT2D eigenvalue weighted by molar-refractivity contribution is 5.95. The first-order valence-corrected chi connectivity index (χ1v) is 13.3. The third kappa shape index (κ3) is 6.31. The van der Waals surface area contributed by atoms with E-state index < -0.39 is 0 Å². The zero-order valence-electron chi connectivity index (χ0n) is 21.9. The monoisotopic (exact) mass is 506 g/mol. The van der Waals surface area contributed by atoms with E-state index in [4.69, 9.17) is 0 Å². The number of benzene rings is 3. The Morgan fingerprint density at radius 1 is 0.816 bits per heavy atom. The highest BCUT2D eigenvalue weighted by Gasteiger charge is 2.40. The van der Waals surface area contributed by atoms with Gasteiger partial charge in [-0.25, -0.2) is 0 Å². The van der Waals surface area contributed by atoms with Crippen LogP contribution in [-0.4, -0.2) is 61.4 Å². The molecule has 1 saturated carbocycles. The molecule has 0 radical (unpaired) electrons. The van der Waals surface area contributed by atoms with Crippen molar-refractivity contribution in [1.82, 2.24) is 15.1 Å². The van der Waals surface area contributed by atoms with Crippen molar-refractivity contribution in [1.29, 1.82) is 0 Å². The number of hydrogen-bond acceptors (Lipinski definition) is 4. The van der Waals surface area contributed by atoms with Crippen LogP contribution in [0.3, 0.4) is 0 Å². The number of nitrogens with zero attached hydrogens (tertiary/aromatic N) is 2. The van der Waals surface area contributed by atoms with Crippen LogP contribution in [-0.2, 0) is 10.3 Å². The van der Waals surface area contributed by atoms with E-state index in [-0.39, 0.29) is 17.4 Å². The Morgan fingerprint density at radius 3 is 2.05 bits per heavy atom. The van der Waals surface area contributed by atoms with Crippen molar-refractivity contribution in [2.75, 3.05) is 45.1 Å². The van der Waals surface area contributed by atoms with Gasteiger partial charge in [0.1, 0.15) is 0 Å². The van der Waals surface area contributed by atoms with Gasteiger partial charge in [-0.1, -0.05) is 42.2 Å². The van der Waals surface area contributed by atoms with E-state index in [1.54, 1.807) is 0 Å². The summed E-state index contributed by atoms with van der Waals surface area (Å²) in [5, 5.41) is 6.30. The molecule has 2 N–H and O–H groups in total. The molecule has 1 aliphatic heterocycles. The summed E-state index contributed by atoms with van der Waals surface area (Å²) in [5.41, 5.74) is 3.93.